The van der Waals surface area contributed by atoms with Gasteiger partial charge in [-0.15, -0.1) is 0 Å². The standard InChI is InChI=1S/C21H25N3O3S/c1-2-24(19-10-12-28(26,27)15-19)21(25)20-8-7-18(13-22-20)23-11-9-16-5-3-4-6-17(16)14-23/h3-8,13,19H,2,9-12,14-15H2,1H3. The average molecular weight is 400 g/mol. The zero-order chi connectivity index (χ0) is 19.7. The molecule has 0 aliphatic carbocycles. The number of hydrogen-bond donors (Lipinski definition) is 0. The molecule has 2 aliphatic rings. The molecule has 0 radical (unpaired) electrons. The number of rotatable bonds is 4. The number of nitrogens with zero attached hydrogens (tertiary/aromatic N) is 3. The summed E-state index contributed by atoms with van der Waals surface area (Å²) < 4.78 is 23.5. The predicted molar refractivity (Wildman–Crippen MR) is 109 cm³/mol. The zero-order valence-electron chi connectivity index (χ0n) is 16.0. The van der Waals surface area contributed by atoms with Gasteiger partial charge in [0.2, 0.25) is 0 Å². The van der Waals surface area contributed by atoms with Crippen LogP contribution in [0.15, 0.2) is 42.6 Å². The van der Waals surface area contributed by atoms with Gasteiger partial charge in [-0.1, -0.05) is 24.3 Å². The lowest BCUT2D eigenvalue weighted by Crippen LogP contribution is -2.41. The maximum atomic E-state index is 12.9. The van der Waals surface area contributed by atoms with Gasteiger partial charge < -0.3 is 9.80 Å². The lowest BCUT2D eigenvalue weighted by Gasteiger charge is -2.30. The molecule has 0 spiro atoms. The molecule has 1 fully saturated rings. The molecule has 1 amide bonds. The Labute approximate surface area is 166 Å². The number of benzene rings is 1. The molecule has 148 valence electrons. The molecule has 2 aliphatic heterocycles. The van der Waals surface area contributed by atoms with Crippen molar-refractivity contribution in [1.29, 1.82) is 0 Å². The summed E-state index contributed by atoms with van der Waals surface area (Å²) in [6.07, 6.45) is 3.25. The Morgan fingerprint density at radius 2 is 2.00 bits per heavy atom. The largest absolute Gasteiger partial charge is 0.366 e. The number of fused-ring (bicyclic) bond motifs is 1. The second kappa shape index (κ2) is 7.54. The first-order chi connectivity index (χ1) is 13.5. The van der Waals surface area contributed by atoms with Crippen LogP contribution in [0.4, 0.5) is 5.69 Å². The van der Waals surface area contributed by atoms with Gasteiger partial charge in [0, 0.05) is 25.7 Å². The molecule has 1 atom stereocenters. The van der Waals surface area contributed by atoms with Crippen molar-refractivity contribution in [3.05, 3.63) is 59.4 Å². The maximum absolute atomic E-state index is 12.9. The van der Waals surface area contributed by atoms with E-state index in [0.717, 1.165) is 25.2 Å². The quantitative estimate of drug-likeness (QED) is 0.789. The van der Waals surface area contributed by atoms with Crippen molar-refractivity contribution in [2.45, 2.75) is 32.4 Å². The zero-order valence-corrected chi connectivity index (χ0v) is 16.9. The van der Waals surface area contributed by atoms with E-state index in [2.05, 4.69) is 34.1 Å². The number of pyridine rings is 1. The van der Waals surface area contributed by atoms with Crippen molar-refractivity contribution < 1.29 is 13.2 Å². The van der Waals surface area contributed by atoms with Crippen LogP contribution in [0.5, 0.6) is 0 Å². The predicted octanol–water partition coefficient (Wildman–Crippen LogP) is 2.29. The number of sulfone groups is 1. The Morgan fingerprint density at radius 1 is 1.21 bits per heavy atom. The first kappa shape index (κ1) is 18.9. The Kier molecular flexibility index (Phi) is 5.10. The summed E-state index contributed by atoms with van der Waals surface area (Å²) in [5.41, 5.74) is 4.09. The number of carbonyl (C=O) groups excluding carboxylic acids is 1. The third kappa shape index (κ3) is 3.76. The number of amides is 1. The molecule has 0 bridgehead atoms. The highest BCUT2D eigenvalue weighted by atomic mass is 32.2. The van der Waals surface area contributed by atoms with Crippen LogP contribution in [0.1, 0.15) is 35.0 Å². The van der Waals surface area contributed by atoms with Gasteiger partial charge in [0.05, 0.1) is 23.4 Å². The molecule has 1 aromatic heterocycles. The van der Waals surface area contributed by atoms with Gasteiger partial charge in [0.1, 0.15) is 5.69 Å². The molecular formula is C21H25N3O3S. The van der Waals surface area contributed by atoms with Crippen molar-refractivity contribution >= 4 is 21.4 Å². The van der Waals surface area contributed by atoms with E-state index in [-0.39, 0.29) is 23.5 Å². The van der Waals surface area contributed by atoms with E-state index in [1.54, 1.807) is 17.2 Å². The van der Waals surface area contributed by atoms with Crippen LogP contribution in [0.3, 0.4) is 0 Å². The molecule has 1 unspecified atom stereocenters. The third-order valence-corrected chi connectivity index (χ3v) is 7.46. The molecule has 4 rings (SSSR count). The van der Waals surface area contributed by atoms with Crippen LogP contribution >= 0.6 is 0 Å². The highest BCUT2D eigenvalue weighted by Crippen LogP contribution is 2.25. The molecule has 28 heavy (non-hydrogen) atoms. The Hall–Kier alpha value is -2.41. The Bertz CT molecular complexity index is 973. The SMILES string of the molecule is CCN(C(=O)c1ccc(N2CCc3ccccc3C2)cn1)C1CCS(=O)(=O)C1. The van der Waals surface area contributed by atoms with Gasteiger partial charge in [-0.25, -0.2) is 13.4 Å². The van der Waals surface area contributed by atoms with Crippen molar-refractivity contribution in [3.63, 3.8) is 0 Å². The summed E-state index contributed by atoms with van der Waals surface area (Å²) in [5.74, 6) is 0.0161. The number of aromatic nitrogens is 1. The molecule has 0 N–H and O–H groups in total. The fraction of sp³-hybridized carbons (Fsp3) is 0.429. The van der Waals surface area contributed by atoms with Crippen LogP contribution in [-0.2, 0) is 22.8 Å². The highest BCUT2D eigenvalue weighted by Gasteiger charge is 2.34. The maximum Gasteiger partial charge on any atom is 0.272 e. The van der Waals surface area contributed by atoms with Gasteiger partial charge in [0.25, 0.3) is 5.91 Å². The normalized spacial score (nSPS) is 20.6. The molecule has 1 saturated heterocycles. The van der Waals surface area contributed by atoms with Crippen LogP contribution in [-0.4, -0.2) is 54.8 Å². The molecule has 2 aromatic rings. The van der Waals surface area contributed by atoms with Crippen LogP contribution in [0, 0.1) is 0 Å². The first-order valence-corrected chi connectivity index (χ1v) is 11.6. The lowest BCUT2D eigenvalue weighted by atomic mass is 10.00. The van der Waals surface area contributed by atoms with Gasteiger partial charge >= 0.3 is 0 Å². The summed E-state index contributed by atoms with van der Waals surface area (Å²) in [7, 11) is -3.03. The van der Waals surface area contributed by atoms with E-state index in [1.807, 2.05) is 13.0 Å². The second-order valence-electron chi connectivity index (χ2n) is 7.49. The monoisotopic (exact) mass is 399 g/mol. The van der Waals surface area contributed by atoms with Crippen molar-refractivity contribution in [2.24, 2.45) is 0 Å². The molecule has 6 nitrogen and oxygen atoms in total. The minimum absolute atomic E-state index is 0.0534. The lowest BCUT2D eigenvalue weighted by molar-refractivity contribution is 0.0702. The Morgan fingerprint density at radius 3 is 2.64 bits per heavy atom. The summed E-state index contributed by atoms with van der Waals surface area (Å²) in [4.78, 5) is 21.2. The van der Waals surface area contributed by atoms with E-state index in [0.29, 0.717) is 18.7 Å². The topological polar surface area (TPSA) is 70.6 Å². The van der Waals surface area contributed by atoms with Crippen molar-refractivity contribution in [1.82, 2.24) is 9.88 Å². The van der Waals surface area contributed by atoms with E-state index in [1.165, 1.54) is 11.1 Å². The Balaban J connectivity index is 1.48. The number of hydrogen-bond acceptors (Lipinski definition) is 5. The highest BCUT2D eigenvalue weighted by molar-refractivity contribution is 7.91. The second-order valence-corrected chi connectivity index (χ2v) is 9.72. The minimum Gasteiger partial charge on any atom is -0.366 e. The van der Waals surface area contributed by atoms with Gasteiger partial charge in [-0.3, -0.25) is 4.79 Å². The molecular weight excluding hydrogens is 374 g/mol. The van der Waals surface area contributed by atoms with Crippen molar-refractivity contribution in [2.75, 3.05) is 29.5 Å². The summed E-state index contributed by atoms with van der Waals surface area (Å²) >= 11 is 0. The van der Waals surface area contributed by atoms with Gasteiger partial charge in [-0.2, -0.15) is 0 Å². The van der Waals surface area contributed by atoms with Crippen LogP contribution in [0.2, 0.25) is 0 Å². The summed E-state index contributed by atoms with van der Waals surface area (Å²) in [5, 5.41) is 0. The first-order valence-electron chi connectivity index (χ1n) is 9.76. The average Bonchev–Trinajstić information content (AvgIpc) is 3.07. The fourth-order valence-electron chi connectivity index (χ4n) is 4.15. The van der Waals surface area contributed by atoms with Crippen LogP contribution < -0.4 is 4.90 Å². The van der Waals surface area contributed by atoms with Gasteiger partial charge in [-0.05, 0) is 43.0 Å². The smallest absolute Gasteiger partial charge is 0.272 e. The van der Waals surface area contributed by atoms with Crippen molar-refractivity contribution in [3.8, 4) is 0 Å². The fourth-order valence-corrected chi connectivity index (χ4v) is 5.88. The molecule has 3 heterocycles. The van der Waals surface area contributed by atoms with E-state index in [9.17, 15) is 13.2 Å². The number of anilines is 1. The summed E-state index contributed by atoms with van der Waals surface area (Å²) in [6.45, 7) is 4.12. The van der Waals surface area contributed by atoms with E-state index < -0.39 is 9.84 Å². The van der Waals surface area contributed by atoms with E-state index in [4.69, 9.17) is 0 Å². The number of carbonyl (C=O) groups is 1. The summed E-state index contributed by atoms with van der Waals surface area (Å²) in [6, 6.07) is 11.9. The van der Waals surface area contributed by atoms with E-state index >= 15 is 0 Å². The molecule has 0 saturated carbocycles. The van der Waals surface area contributed by atoms with Gasteiger partial charge in [0.15, 0.2) is 9.84 Å². The molecule has 1 aromatic carbocycles. The van der Waals surface area contributed by atoms with Crippen LogP contribution in [0.25, 0.3) is 0 Å². The molecule has 7 heteroatoms. The minimum atomic E-state index is -3.03. The third-order valence-electron chi connectivity index (χ3n) is 5.71.